The van der Waals surface area contributed by atoms with Crippen LogP contribution in [-0.2, 0) is 0 Å². The van der Waals surface area contributed by atoms with Crippen molar-refractivity contribution in [2.75, 3.05) is 7.11 Å². The number of nitrogens with two attached hydrogens (primary N) is 1. The molecule has 1 aromatic carbocycles. The van der Waals surface area contributed by atoms with E-state index in [0.29, 0.717) is 16.8 Å². The van der Waals surface area contributed by atoms with Crippen molar-refractivity contribution in [2.45, 2.75) is 0 Å². The Hall–Kier alpha value is -3.02. The molecule has 6 nitrogen and oxygen atoms in total. The van der Waals surface area contributed by atoms with E-state index < -0.39 is 5.91 Å². The zero-order chi connectivity index (χ0) is 14.8. The Labute approximate surface area is 120 Å². The van der Waals surface area contributed by atoms with Gasteiger partial charge in [0.15, 0.2) is 0 Å². The number of nitrogens with zero attached hydrogens (tertiary/aromatic N) is 3. The molecular weight excluding hydrogens is 268 g/mol. The highest BCUT2D eigenvalue weighted by atomic mass is 16.5. The van der Waals surface area contributed by atoms with Crippen LogP contribution in [0, 0.1) is 0 Å². The molecule has 0 atom stereocenters. The van der Waals surface area contributed by atoms with Crippen LogP contribution in [0.15, 0.2) is 42.7 Å². The Morgan fingerprint density at radius 3 is 2.67 bits per heavy atom. The van der Waals surface area contributed by atoms with Crippen LogP contribution < -0.4 is 10.5 Å². The van der Waals surface area contributed by atoms with Crippen molar-refractivity contribution in [1.82, 2.24) is 15.0 Å². The fourth-order valence-corrected chi connectivity index (χ4v) is 2.09. The maximum absolute atomic E-state index is 11.3. The summed E-state index contributed by atoms with van der Waals surface area (Å²) in [4.78, 5) is 24.1. The SMILES string of the molecule is COc1ccc(-c2ccccn2)c2ncc(C(N)=O)nc12. The Balaban J connectivity index is 2.31. The summed E-state index contributed by atoms with van der Waals surface area (Å²) >= 11 is 0. The monoisotopic (exact) mass is 280 g/mol. The van der Waals surface area contributed by atoms with Gasteiger partial charge in [0, 0.05) is 11.8 Å². The molecule has 0 spiro atoms. The van der Waals surface area contributed by atoms with Gasteiger partial charge >= 0.3 is 0 Å². The van der Waals surface area contributed by atoms with Crippen molar-refractivity contribution in [3.8, 4) is 17.0 Å². The van der Waals surface area contributed by atoms with Gasteiger partial charge in [-0.2, -0.15) is 0 Å². The van der Waals surface area contributed by atoms with Crippen molar-refractivity contribution in [3.63, 3.8) is 0 Å². The maximum Gasteiger partial charge on any atom is 0.268 e. The number of rotatable bonds is 3. The van der Waals surface area contributed by atoms with Gasteiger partial charge in [0.25, 0.3) is 5.91 Å². The van der Waals surface area contributed by atoms with E-state index in [1.165, 1.54) is 13.3 Å². The van der Waals surface area contributed by atoms with Gasteiger partial charge in [-0.15, -0.1) is 0 Å². The van der Waals surface area contributed by atoms with Crippen molar-refractivity contribution < 1.29 is 9.53 Å². The quantitative estimate of drug-likeness (QED) is 0.790. The number of benzene rings is 1. The van der Waals surface area contributed by atoms with E-state index in [-0.39, 0.29) is 5.69 Å². The average molecular weight is 280 g/mol. The first-order valence-corrected chi connectivity index (χ1v) is 6.25. The Morgan fingerprint density at radius 1 is 1.14 bits per heavy atom. The standard InChI is InChI=1S/C15H12N4O2/c1-21-12-6-5-9(10-4-2-3-7-17-10)13-14(12)19-11(8-18-13)15(16)20/h2-8H,1H3,(H2,16,20). The molecule has 0 aliphatic rings. The lowest BCUT2D eigenvalue weighted by molar-refractivity contribution is 0.0995. The molecule has 0 unspecified atom stereocenters. The number of ether oxygens (including phenoxy) is 1. The van der Waals surface area contributed by atoms with E-state index in [4.69, 9.17) is 10.5 Å². The van der Waals surface area contributed by atoms with Crippen molar-refractivity contribution in [1.29, 1.82) is 0 Å². The van der Waals surface area contributed by atoms with Crippen LogP contribution in [0.2, 0.25) is 0 Å². The zero-order valence-electron chi connectivity index (χ0n) is 11.3. The van der Waals surface area contributed by atoms with Gasteiger partial charge in [0.2, 0.25) is 0 Å². The molecule has 1 amide bonds. The van der Waals surface area contributed by atoms with Gasteiger partial charge in [-0.3, -0.25) is 14.8 Å². The molecule has 0 saturated heterocycles. The number of hydrogen-bond acceptors (Lipinski definition) is 5. The third kappa shape index (κ3) is 2.27. The molecule has 21 heavy (non-hydrogen) atoms. The van der Waals surface area contributed by atoms with E-state index in [1.807, 2.05) is 24.3 Å². The molecule has 2 heterocycles. The summed E-state index contributed by atoms with van der Waals surface area (Å²) in [5.74, 6) is -0.102. The molecule has 2 N–H and O–H groups in total. The van der Waals surface area contributed by atoms with E-state index in [9.17, 15) is 4.79 Å². The number of pyridine rings is 1. The number of hydrogen-bond donors (Lipinski definition) is 1. The first-order valence-electron chi connectivity index (χ1n) is 6.25. The summed E-state index contributed by atoms with van der Waals surface area (Å²) in [6.07, 6.45) is 3.06. The van der Waals surface area contributed by atoms with Crippen LogP contribution in [-0.4, -0.2) is 28.0 Å². The summed E-state index contributed by atoms with van der Waals surface area (Å²) in [6.45, 7) is 0. The number of methoxy groups -OCH3 is 1. The molecule has 0 fully saturated rings. The number of carbonyl (C=O) groups excluding carboxylic acids is 1. The van der Waals surface area contributed by atoms with Gasteiger partial charge in [0.1, 0.15) is 22.5 Å². The number of primary amides is 1. The first kappa shape index (κ1) is 13.0. The molecule has 2 aromatic heterocycles. The minimum absolute atomic E-state index is 0.0963. The Morgan fingerprint density at radius 2 is 2.00 bits per heavy atom. The fourth-order valence-electron chi connectivity index (χ4n) is 2.09. The van der Waals surface area contributed by atoms with Gasteiger partial charge in [0.05, 0.1) is 19.0 Å². The predicted molar refractivity (Wildman–Crippen MR) is 77.8 cm³/mol. The summed E-state index contributed by atoms with van der Waals surface area (Å²) in [6, 6.07) is 9.24. The maximum atomic E-state index is 11.3. The van der Waals surface area contributed by atoms with E-state index >= 15 is 0 Å². The van der Waals surface area contributed by atoms with Gasteiger partial charge in [-0.1, -0.05) is 6.07 Å². The number of carbonyl (C=O) groups is 1. The van der Waals surface area contributed by atoms with E-state index in [1.54, 1.807) is 12.3 Å². The molecule has 104 valence electrons. The van der Waals surface area contributed by atoms with Crippen molar-refractivity contribution >= 4 is 16.9 Å². The summed E-state index contributed by atoms with van der Waals surface area (Å²) in [5.41, 5.74) is 8.02. The number of fused-ring (bicyclic) bond motifs is 1. The van der Waals surface area contributed by atoms with Crippen LogP contribution in [0.4, 0.5) is 0 Å². The summed E-state index contributed by atoms with van der Waals surface area (Å²) in [5, 5.41) is 0. The number of aromatic nitrogens is 3. The minimum atomic E-state index is -0.630. The second-order valence-corrected chi connectivity index (χ2v) is 4.35. The van der Waals surface area contributed by atoms with Crippen LogP contribution in [0.1, 0.15) is 10.5 Å². The molecule has 0 bridgehead atoms. The van der Waals surface area contributed by atoms with Crippen LogP contribution >= 0.6 is 0 Å². The second kappa shape index (κ2) is 5.16. The molecule has 0 aliphatic carbocycles. The Bertz CT molecular complexity index is 819. The van der Waals surface area contributed by atoms with E-state index in [0.717, 1.165) is 11.3 Å². The minimum Gasteiger partial charge on any atom is -0.494 e. The van der Waals surface area contributed by atoms with Gasteiger partial charge < -0.3 is 10.5 Å². The highest BCUT2D eigenvalue weighted by Gasteiger charge is 2.14. The molecule has 3 rings (SSSR count). The lowest BCUT2D eigenvalue weighted by atomic mass is 10.1. The smallest absolute Gasteiger partial charge is 0.268 e. The van der Waals surface area contributed by atoms with E-state index in [2.05, 4.69) is 15.0 Å². The molecule has 0 radical (unpaired) electrons. The molecule has 6 heteroatoms. The third-order valence-corrected chi connectivity index (χ3v) is 3.08. The lowest BCUT2D eigenvalue weighted by Crippen LogP contribution is -2.13. The van der Waals surface area contributed by atoms with Gasteiger partial charge in [-0.05, 0) is 24.3 Å². The van der Waals surface area contributed by atoms with Crippen LogP contribution in [0.25, 0.3) is 22.3 Å². The summed E-state index contributed by atoms with van der Waals surface area (Å²) in [7, 11) is 1.54. The fraction of sp³-hybridized carbons (Fsp3) is 0.0667. The predicted octanol–water partition coefficient (Wildman–Crippen LogP) is 1.80. The average Bonchev–Trinajstić information content (AvgIpc) is 2.54. The molecule has 3 aromatic rings. The topological polar surface area (TPSA) is 91.0 Å². The molecular formula is C15H12N4O2. The van der Waals surface area contributed by atoms with Crippen molar-refractivity contribution in [3.05, 3.63) is 48.4 Å². The lowest BCUT2D eigenvalue weighted by Gasteiger charge is -2.09. The summed E-state index contributed by atoms with van der Waals surface area (Å²) < 4.78 is 5.28. The number of amides is 1. The highest BCUT2D eigenvalue weighted by Crippen LogP contribution is 2.30. The Kier molecular flexibility index (Phi) is 3.19. The highest BCUT2D eigenvalue weighted by molar-refractivity contribution is 5.97. The van der Waals surface area contributed by atoms with Crippen molar-refractivity contribution in [2.24, 2.45) is 5.73 Å². The normalized spacial score (nSPS) is 10.5. The molecule has 0 saturated carbocycles. The van der Waals surface area contributed by atoms with Crippen LogP contribution in [0.3, 0.4) is 0 Å². The largest absolute Gasteiger partial charge is 0.494 e. The van der Waals surface area contributed by atoms with Gasteiger partial charge in [-0.25, -0.2) is 4.98 Å². The second-order valence-electron chi connectivity index (χ2n) is 4.35. The third-order valence-electron chi connectivity index (χ3n) is 3.08. The molecule has 0 aliphatic heterocycles. The first-order chi connectivity index (χ1) is 10.2. The zero-order valence-corrected chi connectivity index (χ0v) is 11.3. The van der Waals surface area contributed by atoms with Crippen LogP contribution in [0.5, 0.6) is 5.75 Å².